The van der Waals surface area contributed by atoms with Gasteiger partial charge in [0.15, 0.2) is 0 Å². The number of pyridine rings is 1. The summed E-state index contributed by atoms with van der Waals surface area (Å²) < 4.78 is 0. The summed E-state index contributed by atoms with van der Waals surface area (Å²) in [6.07, 6.45) is 4.24. The lowest BCUT2D eigenvalue weighted by Crippen LogP contribution is -2.62. The van der Waals surface area contributed by atoms with Crippen LogP contribution >= 0.6 is 11.3 Å². The van der Waals surface area contributed by atoms with Crippen molar-refractivity contribution < 1.29 is 4.79 Å². The highest BCUT2D eigenvalue weighted by molar-refractivity contribution is 7.17. The molecule has 4 nitrogen and oxygen atoms in total. The molecule has 2 aromatic heterocycles. The van der Waals surface area contributed by atoms with Crippen LogP contribution in [0.5, 0.6) is 0 Å². The van der Waals surface area contributed by atoms with E-state index in [-0.39, 0.29) is 11.9 Å². The number of carbonyl (C=O) groups is 1. The largest absolute Gasteiger partial charge is 0.347 e. The van der Waals surface area contributed by atoms with Gasteiger partial charge in [0.1, 0.15) is 0 Å². The van der Waals surface area contributed by atoms with Crippen molar-refractivity contribution in [2.75, 3.05) is 13.1 Å². The Balaban J connectivity index is 1.49. The van der Waals surface area contributed by atoms with Gasteiger partial charge in [0, 0.05) is 28.9 Å². The molecule has 2 aromatic rings. The Kier molecular flexibility index (Phi) is 4.14. The van der Waals surface area contributed by atoms with E-state index in [1.54, 1.807) is 11.3 Å². The number of amides is 1. The van der Waals surface area contributed by atoms with Gasteiger partial charge in [-0.3, -0.25) is 14.7 Å². The molecule has 0 unspecified atom stereocenters. The molecule has 5 heteroatoms. The molecule has 3 aliphatic heterocycles. The monoisotopic (exact) mass is 341 g/mol. The van der Waals surface area contributed by atoms with Crippen molar-refractivity contribution >= 4 is 17.2 Å². The first-order valence-corrected chi connectivity index (χ1v) is 9.51. The molecule has 3 aliphatic rings. The topological polar surface area (TPSA) is 45.2 Å². The summed E-state index contributed by atoms with van der Waals surface area (Å²) in [6.45, 7) is 6.60. The number of rotatable bonds is 3. The fourth-order valence-corrected chi connectivity index (χ4v) is 4.99. The fraction of sp³-hybridized carbons (Fsp3) is 0.474. The Morgan fingerprint density at radius 2 is 2.08 bits per heavy atom. The average molecular weight is 341 g/mol. The molecule has 1 N–H and O–H groups in total. The number of aromatic nitrogens is 1. The zero-order valence-corrected chi connectivity index (χ0v) is 15.0. The van der Waals surface area contributed by atoms with Gasteiger partial charge < -0.3 is 5.32 Å². The second-order valence-electron chi connectivity index (χ2n) is 6.96. The van der Waals surface area contributed by atoms with Crippen molar-refractivity contribution in [1.29, 1.82) is 0 Å². The van der Waals surface area contributed by atoms with E-state index < -0.39 is 0 Å². The molecule has 0 saturated carbocycles. The Hall–Kier alpha value is -1.72. The maximum Gasteiger partial charge on any atom is 0.261 e. The molecule has 2 atom stereocenters. The predicted octanol–water partition coefficient (Wildman–Crippen LogP) is 3.33. The van der Waals surface area contributed by atoms with Crippen LogP contribution in [0.2, 0.25) is 0 Å². The van der Waals surface area contributed by atoms with Gasteiger partial charge in [0.2, 0.25) is 0 Å². The van der Waals surface area contributed by atoms with Crippen molar-refractivity contribution in [3.63, 3.8) is 0 Å². The number of nitrogens with zero attached hydrogens (tertiary/aromatic N) is 2. The minimum absolute atomic E-state index is 0.0719. The number of fused-ring (bicyclic) bond motifs is 3. The third-order valence-corrected chi connectivity index (χ3v) is 6.62. The molecule has 5 heterocycles. The average Bonchev–Trinajstić information content (AvgIpc) is 3.09. The maximum atomic E-state index is 12.7. The van der Waals surface area contributed by atoms with Crippen molar-refractivity contribution in [2.45, 2.75) is 38.8 Å². The third kappa shape index (κ3) is 2.87. The van der Waals surface area contributed by atoms with Crippen LogP contribution in [0.1, 0.15) is 35.1 Å². The van der Waals surface area contributed by atoms with Crippen molar-refractivity contribution in [2.24, 2.45) is 5.92 Å². The normalized spacial score (nSPS) is 28.8. The van der Waals surface area contributed by atoms with E-state index in [9.17, 15) is 4.79 Å². The summed E-state index contributed by atoms with van der Waals surface area (Å²) in [5.74, 6) is 0.707. The highest BCUT2D eigenvalue weighted by atomic mass is 32.1. The molecule has 0 spiro atoms. The van der Waals surface area contributed by atoms with E-state index in [1.807, 2.05) is 31.3 Å². The van der Waals surface area contributed by atoms with Crippen LogP contribution in [0, 0.1) is 12.8 Å². The lowest BCUT2D eigenvalue weighted by atomic mass is 9.79. The standard InChI is InChI=1S/C19H23N3OS/c1-12-11-15(5-8-20-12)16-3-4-17(24-16)19(23)21-18-13(2)22-9-6-14(18)7-10-22/h3-5,8,11,13-14,18H,6-7,9-10H2,1-2H3,(H,21,23)/t13-,18+/m1/s1. The molecule has 2 bridgehead atoms. The van der Waals surface area contributed by atoms with Gasteiger partial charge >= 0.3 is 0 Å². The number of hydrogen-bond acceptors (Lipinski definition) is 4. The van der Waals surface area contributed by atoms with Gasteiger partial charge in [-0.1, -0.05) is 0 Å². The lowest BCUT2D eigenvalue weighted by molar-refractivity contribution is 0.0218. The van der Waals surface area contributed by atoms with E-state index in [2.05, 4.69) is 28.2 Å². The maximum absolute atomic E-state index is 12.7. The molecule has 3 saturated heterocycles. The van der Waals surface area contributed by atoms with E-state index in [0.29, 0.717) is 12.0 Å². The zero-order chi connectivity index (χ0) is 16.7. The highest BCUT2D eigenvalue weighted by Crippen LogP contribution is 2.33. The van der Waals surface area contributed by atoms with Crippen molar-refractivity contribution in [1.82, 2.24) is 15.2 Å². The van der Waals surface area contributed by atoms with Gasteiger partial charge in [0.25, 0.3) is 5.91 Å². The molecule has 0 aromatic carbocycles. The second kappa shape index (κ2) is 6.30. The summed E-state index contributed by atoms with van der Waals surface area (Å²) in [7, 11) is 0. The molecule has 5 rings (SSSR count). The Labute approximate surface area is 146 Å². The number of piperidine rings is 3. The van der Waals surface area contributed by atoms with E-state index in [1.165, 1.54) is 25.9 Å². The first-order valence-electron chi connectivity index (χ1n) is 8.69. The molecule has 1 amide bonds. The van der Waals surface area contributed by atoms with E-state index >= 15 is 0 Å². The van der Waals surface area contributed by atoms with Gasteiger partial charge in [-0.15, -0.1) is 11.3 Å². The summed E-state index contributed by atoms with van der Waals surface area (Å²) in [5, 5.41) is 3.31. The van der Waals surface area contributed by atoms with Gasteiger partial charge in [-0.25, -0.2) is 0 Å². The second-order valence-corrected chi connectivity index (χ2v) is 8.05. The van der Waals surface area contributed by atoms with Gasteiger partial charge in [-0.2, -0.15) is 0 Å². The molecular formula is C19H23N3OS. The number of thiophene rings is 1. The van der Waals surface area contributed by atoms with Gasteiger partial charge in [0.05, 0.1) is 4.88 Å². The highest BCUT2D eigenvalue weighted by Gasteiger charge is 2.40. The smallest absolute Gasteiger partial charge is 0.261 e. The molecule has 0 radical (unpaired) electrons. The molecule has 24 heavy (non-hydrogen) atoms. The number of nitrogens with one attached hydrogen (secondary N) is 1. The predicted molar refractivity (Wildman–Crippen MR) is 97.3 cm³/mol. The van der Waals surface area contributed by atoms with Crippen LogP contribution in [0.25, 0.3) is 10.4 Å². The molecule has 0 aliphatic carbocycles. The minimum atomic E-state index is 0.0719. The summed E-state index contributed by atoms with van der Waals surface area (Å²) >= 11 is 1.56. The van der Waals surface area contributed by atoms with Crippen LogP contribution < -0.4 is 5.32 Å². The number of hydrogen-bond donors (Lipinski definition) is 1. The third-order valence-electron chi connectivity index (χ3n) is 5.49. The van der Waals surface area contributed by atoms with Crippen molar-refractivity contribution in [3.05, 3.63) is 41.0 Å². The summed E-state index contributed by atoms with van der Waals surface area (Å²) in [6, 6.07) is 8.77. The summed E-state index contributed by atoms with van der Waals surface area (Å²) in [5.41, 5.74) is 2.12. The summed E-state index contributed by atoms with van der Waals surface area (Å²) in [4.78, 5) is 21.4. The Bertz CT molecular complexity index is 747. The van der Waals surface area contributed by atoms with Crippen LogP contribution in [-0.2, 0) is 0 Å². The van der Waals surface area contributed by atoms with E-state index in [4.69, 9.17) is 0 Å². The SMILES string of the molecule is Cc1cc(-c2ccc(C(=O)N[C@@H]3C4CCN(CC4)[C@@H]3C)s2)ccn1. The van der Waals surface area contributed by atoms with E-state index in [0.717, 1.165) is 21.0 Å². The zero-order valence-electron chi connectivity index (χ0n) is 14.2. The first-order chi connectivity index (χ1) is 11.6. The van der Waals surface area contributed by atoms with Gasteiger partial charge in [-0.05, 0) is 75.5 Å². The van der Waals surface area contributed by atoms with Crippen molar-refractivity contribution in [3.8, 4) is 10.4 Å². The quantitative estimate of drug-likeness (QED) is 0.931. The van der Waals surface area contributed by atoms with Crippen LogP contribution in [0.3, 0.4) is 0 Å². The Morgan fingerprint density at radius 1 is 1.29 bits per heavy atom. The number of carbonyl (C=O) groups excluding carboxylic acids is 1. The van der Waals surface area contributed by atoms with Crippen LogP contribution in [0.4, 0.5) is 0 Å². The molecule has 126 valence electrons. The van der Waals surface area contributed by atoms with Crippen LogP contribution in [-0.4, -0.2) is 41.0 Å². The first kappa shape index (κ1) is 15.8. The fourth-order valence-electron chi connectivity index (χ4n) is 4.08. The number of aryl methyl sites for hydroxylation is 1. The lowest BCUT2D eigenvalue weighted by Gasteiger charge is -2.49. The Morgan fingerprint density at radius 3 is 2.79 bits per heavy atom. The van der Waals surface area contributed by atoms with Crippen LogP contribution in [0.15, 0.2) is 30.5 Å². The molecular weight excluding hydrogens is 318 g/mol. The molecule has 3 fully saturated rings. The minimum Gasteiger partial charge on any atom is -0.347 e.